The maximum absolute atomic E-state index is 11.5. The summed E-state index contributed by atoms with van der Waals surface area (Å²) >= 11 is 3.85. The lowest BCUT2D eigenvalue weighted by Gasteiger charge is -2.15. The van der Waals surface area contributed by atoms with Crippen molar-refractivity contribution < 1.29 is 14.3 Å². The van der Waals surface area contributed by atoms with Gasteiger partial charge in [-0.15, -0.1) is 0 Å². The monoisotopic (exact) mass is 253 g/mol. The third kappa shape index (κ3) is 4.48. The zero-order valence-corrected chi connectivity index (χ0v) is 10.4. The van der Waals surface area contributed by atoms with Crippen molar-refractivity contribution in [1.82, 2.24) is 5.32 Å². The van der Waals surface area contributed by atoms with Gasteiger partial charge in [0.15, 0.2) is 0 Å². The Balaban J connectivity index is 2.70. The summed E-state index contributed by atoms with van der Waals surface area (Å²) in [4.78, 5) is 22.7. The number of ether oxygens (including phenoxy) is 1. The fourth-order valence-corrected chi connectivity index (χ4v) is 1.52. The molecule has 1 aromatic rings. The molecule has 0 radical (unpaired) electrons. The maximum Gasteiger partial charge on any atom is 0.328 e. The first-order valence-corrected chi connectivity index (χ1v) is 5.82. The van der Waals surface area contributed by atoms with Crippen molar-refractivity contribution >= 4 is 24.5 Å². The largest absolute Gasteiger partial charge is 0.467 e. The van der Waals surface area contributed by atoms with E-state index in [0.717, 1.165) is 5.56 Å². The van der Waals surface area contributed by atoms with Gasteiger partial charge in [-0.25, -0.2) is 4.79 Å². The number of esters is 1. The summed E-state index contributed by atoms with van der Waals surface area (Å²) in [5, 5.41) is 2.58. The molecule has 0 spiro atoms. The Bertz CT molecular complexity index is 381. The maximum atomic E-state index is 11.5. The highest BCUT2D eigenvalue weighted by atomic mass is 32.1. The first-order valence-electron chi connectivity index (χ1n) is 5.19. The number of carbonyl (C=O) groups is 2. The van der Waals surface area contributed by atoms with E-state index in [-0.39, 0.29) is 11.7 Å². The minimum Gasteiger partial charge on any atom is -0.467 e. The summed E-state index contributed by atoms with van der Waals surface area (Å²) in [5.41, 5.74) is 0.961. The Labute approximate surface area is 106 Å². The molecule has 0 aliphatic rings. The Kier molecular flexibility index (Phi) is 5.56. The van der Waals surface area contributed by atoms with Crippen LogP contribution in [0.2, 0.25) is 0 Å². The molecule has 0 unspecified atom stereocenters. The molecule has 0 aliphatic heterocycles. The predicted octanol–water partition coefficient (Wildman–Crippen LogP) is 0.817. The van der Waals surface area contributed by atoms with Crippen molar-refractivity contribution in [2.75, 3.05) is 12.9 Å². The molecule has 0 saturated heterocycles. The van der Waals surface area contributed by atoms with Gasteiger partial charge in [0.25, 0.3) is 0 Å². The fraction of sp³-hybridized carbons (Fsp3) is 0.333. The lowest BCUT2D eigenvalue weighted by atomic mass is 10.1. The van der Waals surface area contributed by atoms with Gasteiger partial charge in [0, 0.05) is 6.42 Å². The average molecular weight is 253 g/mol. The molecule has 1 atom stereocenters. The van der Waals surface area contributed by atoms with Gasteiger partial charge >= 0.3 is 5.97 Å². The molecule has 0 bridgehead atoms. The lowest BCUT2D eigenvalue weighted by molar-refractivity contribution is -0.144. The number of carbonyl (C=O) groups excluding carboxylic acids is 2. The molecule has 0 aliphatic carbocycles. The van der Waals surface area contributed by atoms with Crippen molar-refractivity contribution in [3.05, 3.63) is 35.9 Å². The highest BCUT2D eigenvalue weighted by Gasteiger charge is 2.21. The van der Waals surface area contributed by atoms with E-state index in [0.29, 0.717) is 6.42 Å². The van der Waals surface area contributed by atoms with Crippen LogP contribution in [0.1, 0.15) is 5.56 Å². The van der Waals surface area contributed by atoms with Gasteiger partial charge in [0.05, 0.1) is 12.9 Å². The van der Waals surface area contributed by atoms with E-state index < -0.39 is 12.0 Å². The second-order valence-corrected chi connectivity index (χ2v) is 3.81. The van der Waals surface area contributed by atoms with Crippen LogP contribution in [0.15, 0.2) is 30.3 Å². The van der Waals surface area contributed by atoms with Crippen LogP contribution < -0.4 is 5.32 Å². The summed E-state index contributed by atoms with van der Waals surface area (Å²) in [6.45, 7) is 0. The Morgan fingerprint density at radius 1 is 1.35 bits per heavy atom. The molecule has 17 heavy (non-hydrogen) atoms. The minimum absolute atomic E-state index is 0.0439. The normalized spacial score (nSPS) is 11.6. The van der Waals surface area contributed by atoms with Gasteiger partial charge < -0.3 is 10.1 Å². The van der Waals surface area contributed by atoms with Crippen LogP contribution in [0.4, 0.5) is 0 Å². The number of thiol groups is 1. The molecule has 4 nitrogen and oxygen atoms in total. The van der Waals surface area contributed by atoms with Crippen LogP contribution in [0.25, 0.3) is 0 Å². The molecular weight excluding hydrogens is 238 g/mol. The molecule has 1 amide bonds. The topological polar surface area (TPSA) is 55.4 Å². The second-order valence-electron chi connectivity index (χ2n) is 3.49. The van der Waals surface area contributed by atoms with Crippen LogP contribution >= 0.6 is 12.6 Å². The predicted molar refractivity (Wildman–Crippen MR) is 67.9 cm³/mol. The number of benzene rings is 1. The van der Waals surface area contributed by atoms with Crippen LogP contribution in [0.3, 0.4) is 0 Å². The van der Waals surface area contributed by atoms with Crippen molar-refractivity contribution in [1.29, 1.82) is 0 Å². The van der Waals surface area contributed by atoms with Crippen LogP contribution in [0, 0.1) is 0 Å². The van der Waals surface area contributed by atoms with Gasteiger partial charge in [0.2, 0.25) is 5.91 Å². The Morgan fingerprint density at radius 2 is 2.00 bits per heavy atom. The van der Waals surface area contributed by atoms with Gasteiger partial charge in [-0.2, -0.15) is 12.6 Å². The lowest BCUT2D eigenvalue weighted by Crippen LogP contribution is -2.43. The van der Waals surface area contributed by atoms with E-state index in [9.17, 15) is 9.59 Å². The molecule has 0 aromatic heterocycles. The summed E-state index contributed by atoms with van der Waals surface area (Å²) in [7, 11) is 1.30. The quantitative estimate of drug-likeness (QED) is 0.603. The summed E-state index contributed by atoms with van der Waals surface area (Å²) in [6, 6.07) is 8.77. The van der Waals surface area contributed by atoms with E-state index in [4.69, 9.17) is 0 Å². The van der Waals surface area contributed by atoms with Gasteiger partial charge in [-0.1, -0.05) is 30.3 Å². The number of hydrogen-bond donors (Lipinski definition) is 2. The zero-order valence-electron chi connectivity index (χ0n) is 9.55. The Morgan fingerprint density at radius 3 is 2.53 bits per heavy atom. The molecule has 0 heterocycles. The van der Waals surface area contributed by atoms with E-state index in [2.05, 4.69) is 22.7 Å². The summed E-state index contributed by atoms with van der Waals surface area (Å²) in [5.74, 6) is -0.703. The average Bonchev–Trinajstić information content (AvgIpc) is 2.38. The van der Waals surface area contributed by atoms with Gasteiger partial charge in [0.1, 0.15) is 6.04 Å². The van der Waals surface area contributed by atoms with E-state index in [1.165, 1.54) is 7.11 Å². The first-order chi connectivity index (χ1) is 8.17. The van der Waals surface area contributed by atoms with Crippen molar-refractivity contribution in [2.24, 2.45) is 0 Å². The van der Waals surface area contributed by atoms with Crippen molar-refractivity contribution in [3.8, 4) is 0 Å². The van der Waals surface area contributed by atoms with E-state index in [1.807, 2.05) is 30.3 Å². The molecule has 0 fully saturated rings. The minimum atomic E-state index is -0.665. The molecule has 1 N–H and O–H groups in total. The van der Waals surface area contributed by atoms with Crippen molar-refractivity contribution in [3.63, 3.8) is 0 Å². The molecule has 1 rings (SSSR count). The van der Waals surface area contributed by atoms with Crippen LogP contribution in [0.5, 0.6) is 0 Å². The van der Waals surface area contributed by atoms with Crippen LogP contribution in [-0.2, 0) is 20.7 Å². The highest BCUT2D eigenvalue weighted by Crippen LogP contribution is 2.04. The van der Waals surface area contributed by atoms with Gasteiger partial charge in [-0.05, 0) is 5.56 Å². The second kappa shape index (κ2) is 6.96. The standard InChI is InChI=1S/C12H15NO3S/c1-16-12(15)10(13-11(14)8-17)7-9-5-3-2-4-6-9/h2-6,10,17H,7-8H2,1H3,(H,13,14)/t10-/m0/s1. The number of amides is 1. The number of rotatable bonds is 5. The summed E-state index contributed by atoms with van der Waals surface area (Å²) in [6.07, 6.45) is 0.410. The number of methoxy groups -OCH3 is 1. The summed E-state index contributed by atoms with van der Waals surface area (Å²) < 4.78 is 4.65. The molecule has 92 valence electrons. The Hall–Kier alpha value is -1.49. The van der Waals surface area contributed by atoms with E-state index >= 15 is 0 Å². The number of hydrogen-bond acceptors (Lipinski definition) is 4. The highest BCUT2D eigenvalue weighted by molar-refractivity contribution is 7.81. The number of nitrogens with one attached hydrogen (secondary N) is 1. The SMILES string of the molecule is COC(=O)[C@H](Cc1ccccc1)NC(=O)CS. The first kappa shape index (κ1) is 13.6. The fourth-order valence-electron chi connectivity index (χ4n) is 1.43. The third-order valence-electron chi connectivity index (χ3n) is 2.25. The van der Waals surface area contributed by atoms with Gasteiger partial charge in [-0.3, -0.25) is 4.79 Å². The zero-order chi connectivity index (χ0) is 12.7. The molecule has 5 heteroatoms. The smallest absolute Gasteiger partial charge is 0.328 e. The molecule has 0 saturated carbocycles. The van der Waals surface area contributed by atoms with Crippen molar-refractivity contribution in [2.45, 2.75) is 12.5 Å². The third-order valence-corrected chi connectivity index (χ3v) is 2.53. The van der Waals surface area contributed by atoms with Crippen LogP contribution in [-0.4, -0.2) is 30.8 Å². The molecular formula is C12H15NO3S. The molecule has 1 aromatic carbocycles. The van der Waals surface area contributed by atoms with E-state index in [1.54, 1.807) is 0 Å².